The van der Waals surface area contributed by atoms with E-state index in [0.29, 0.717) is 5.57 Å². The Morgan fingerprint density at radius 2 is 2.06 bits per heavy atom. The van der Waals surface area contributed by atoms with E-state index in [1.165, 1.54) is 23.8 Å². The van der Waals surface area contributed by atoms with Gasteiger partial charge in [0.1, 0.15) is 29.9 Å². The van der Waals surface area contributed by atoms with Crippen molar-refractivity contribution in [3.63, 3.8) is 0 Å². The highest BCUT2D eigenvalue weighted by Crippen LogP contribution is 2.53. The molecule has 3 atom stereocenters. The van der Waals surface area contributed by atoms with E-state index in [9.17, 15) is 19.5 Å². The van der Waals surface area contributed by atoms with Gasteiger partial charge in [0.05, 0.1) is 5.25 Å². The molecule has 10 nitrogen and oxygen atoms in total. The third kappa shape index (κ3) is 3.38. The zero-order chi connectivity index (χ0) is 23.3. The standard InChI is InChI=1S/C21H17N5O5S2/c1-31-25-13(12-8-32-21(22)23-12)17(27)24-14-18(28)26-15(20(29)30)11-7-10(16(11)33-19(14)26)9-5-3-2-4-6-9/h2-8,14,16,19H,1H3,(H2,22,23)(H,24,27)(H,29,30)/b25-13-/t14-,16-,19-/m1/s1. The highest BCUT2D eigenvalue weighted by molar-refractivity contribution is 8.01. The van der Waals surface area contributed by atoms with Gasteiger partial charge in [0, 0.05) is 11.0 Å². The number of thioether (sulfide) groups is 1. The molecule has 33 heavy (non-hydrogen) atoms. The fourth-order valence-electron chi connectivity index (χ4n) is 3.98. The Balaban J connectivity index is 1.41. The van der Waals surface area contributed by atoms with Gasteiger partial charge in [0.2, 0.25) is 0 Å². The van der Waals surface area contributed by atoms with Crippen molar-refractivity contribution in [3.05, 3.63) is 64.3 Å². The van der Waals surface area contributed by atoms with E-state index in [-0.39, 0.29) is 27.5 Å². The van der Waals surface area contributed by atoms with Gasteiger partial charge in [-0.1, -0.05) is 35.5 Å². The van der Waals surface area contributed by atoms with Gasteiger partial charge >= 0.3 is 5.97 Å². The number of hydrogen-bond acceptors (Lipinski definition) is 9. The number of aromatic nitrogens is 1. The number of benzene rings is 1. The maximum Gasteiger partial charge on any atom is 0.352 e. The highest BCUT2D eigenvalue weighted by atomic mass is 32.2. The summed E-state index contributed by atoms with van der Waals surface area (Å²) in [5.41, 5.74) is 8.27. The summed E-state index contributed by atoms with van der Waals surface area (Å²) in [7, 11) is 1.29. The summed E-state index contributed by atoms with van der Waals surface area (Å²) in [5.74, 6) is -2.35. The van der Waals surface area contributed by atoms with Crippen LogP contribution in [0.3, 0.4) is 0 Å². The Kier molecular flexibility index (Phi) is 5.17. The number of hydrogen-bond donors (Lipinski definition) is 3. The summed E-state index contributed by atoms with van der Waals surface area (Å²) in [4.78, 5) is 47.8. The molecule has 0 radical (unpaired) electrons. The van der Waals surface area contributed by atoms with Crippen LogP contribution in [0.2, 0.25) is 0 Å². The zero-order valence-corrected chi connectivity index (χ0v) is 18.7. The number of nitrogens with two attached hydrogens (primary N) is 1. The van der Waals surface area contributed by atoms with Crippen molar-refractivity contribution >= 4 is 57.3 Å². The van der Waals surface area contributed by atoms with E-state index in [2.05, 4.69) is 15.5 Å². The van der Waals surface area contributed by atoms with Gasteiger partial charge in [-0.25, -0.2) is 9.78 Å². The SMILES string of the molecule is CO/N=C(\C(=O)N[C@@H]1C(=O)N2C(C(=O)O)=C3C=C(c4ccccc4)[C@H]3S[C@H]12)c1csc(N)n1. The summed E-state index contributed by atoms with van der Waals surface area (Å²) in [5, 5.41) is 17.2. The minimum absolute atomic E-state index is 0.0445. The maximum atomic E-state index is 12.9. The van der Waals surface area contributed by atoms with Crippen LogP contribution in [0.15, 0.2) is 58.2 Å². The molecule has 2 amide bonds. The van der Waals surface area contributed by atoms with Crippen LogP contribution in [0.25, 0.3) is 5.57 Å². The van der Waals surface area contributed by atoms with E-state index in [1.807, 2.05) is 36.4 Å². The van der Waals surface area contributed by atoms with Crippen LogP contribution in [0.5, 0.6) is 0 Å². The number of allylic oxidation sites excluding steroid dienone is 1. The number of carboxylic acid groups (broad SMARTS) is 1. The maximum absolute atomic E-state index is 12.9. The van der Waals surface area contributed by atoms with Gasteiger partial charge in [-0.05, 0) is 17.2 Å². The molecular weight excluding hydrogens is 466 g/mol. The number of β-lactam (4-membered cyclic amide) rings is 1. The van der Waals surface area contributed by atoms with Crippen LogP contribution in [0, 0.1) is 0 Å². The minimum atomic E-state index is -1.18. The Bertz CT molecular complexity index is 1270. The zero-order valence-electron chi connectivity index (χ0n) is 17.1. The molecule has 0 bridgehead atoms. The number of carbonyl (C=O) groups is 3. The molecule has 1 aromatic heterocycles. The van der Waals surface area contributed by atoms with Crippen molar-refractivity contribution in [1.29, 1.82) is 0 Å². The molecule has 3 heterocycles. The van der Waals surface area contributed by atoms with Crippen molar-refractivity contribution < 1.29 is 24.3 Å². The summed E-state index contributed by atoms with van der Waals surface area (Å²) < 4.78 is 0. The average molecular weight is 484 g/mol. The van der Waals surface area contributed by atoms with Crippen LogP contribution in [-0.2, 0) is 19.2 Å². The number of oxime groups is 1. The summed E-state index contributed by atoms with van der Waals surface area (Å²) in [6.45, 7) is 0. The van der Waals surface area contributed by atoms with Crippen molar-refractivity contribution in [2.45, 2.75) is 16.7 Å². The first-order valence-electron chi connectivity index (χ1n) is 9.77. The van der Waals surface area contributed by atoms with Gasteiger partial charge in [-0.15, -0.1) is 23.1 Å². The monoisotopic (exact) mass is 483 g/mol. The third-order valence-electron chi connectivity index (χ3n) is 5.47. The molecule has 1 aliphatic carbocycles. The molecule has 168 valence electrons. The van der Waals surface area contributed by atoms with Crippen LogP contribution in [0.1, 0.15) is 11.3 Å². The Hall–Kier alpha value is -3.64. The number of aliphatic carboxylic acids is 1. The average Bonchev–Trinajstić information content (AvgIpc) is 3.22. The van der Waals surface area contributed by atoms with Gasteiger partial charge in [-0.2, -0.15) is 0 Å². The quantitative estimate of drug-likeness (QED) is 0.316. The van der Waals surface area contributed by atoms with E-state index in [4.69, 9.17) is 10.6 Å². The molecule has 1 aromatic carbocycles. The number of nitrogens with one attached hydrogen (secondary N) is 1. The van der Waals surface area contributed by atoms with Crippen molar-refractivity contribution in [1.82, 2.24) is 15.2 Å². The van der Waals surface area contributed by atoms with E-state index in [1.54, 1.807) is 5.38 Å². The van der Waals surface area contributed by atoms with Gasteiger partial charge < -0.3 is 21.0 Å². The largest absolute Gasteiger partial charge is 0.477 e. The summed E-state index contributed by atoms with van der Waals surface area (Å²) in [6, 6.07) is 8.71. The second-order valence-electron chi connectivity index (χ2n) is 7.33. The molecule has 0 unspecified atom stereocenters. The summed E-state index contributed by atoms with van der Waals surface area (Å²) in [6.07, 6.45) is 1.81. The number of carbonyl (C=O) groups excluding carboxylic acids is 2. The minimum Gasteiger partial charge on any atom is -0.477 e. The van der Waals surface area contributed by atoms with Crippen molar-refractivity contribution in [2.75, 3.05) is 12.8 Å². The van der Waals surface area contributed by atoms with Crippen molar-refractivity contribution in [2.24, 2.45) is 5.16 Å². The van der Waals surface area contributed by atoms with Crippen molar-refractivity contribution in [3.8, 4) is 0 Å². The number of rotatable bonds is 6. The summed E-state index contributed by atoms with van der Waals surface area (Å²) >= 11 is 2.57. The molecule has 12 heteroatoms. The van der Waals surface area contributed by atoms with Crippen LogP contribution >= 0.6 is 23.1 Å². The molecule has 3 aliphatic rings. The lowest BCUT2D eigenvalue weighted by molar-refractivity contribution is -0.150. The van der Waals surface area contributed by atoms with Gasteiger partial charge in [-0.3, -0.25) is 14.5 Å². The molecule has 1 fully saturated rings. The smallest absolute Gasteiger partial charge is 0.352 e. The molecule has 2 aromatic rings. The lowest BCUT2D eigenvalue weighted by Gasteiger charge is -2.53. The fraction of sp³-hybridized carbons (Fsp3) is 0.190. The number of nitrogen functional groups attached to an aromatic ring is 1. The van der Waals surface area contributed by atoms with E-state index < -0.39 is 29.2 Å². The normalized spacial score (nSPS) is 23.6. The van der Waals surface area contributed by atoms with E-state index >= 15 is 0 Å². The first kappa shape index (κ1) is 21.2. The number of carboxylic acids is 1. The van der Waals surface area contributed by atoms with Crippen LogP contribution in [0.4, 0.5) is 5.13 Å². The topological polar surface area (TPSA) is 147 Å². The Morgan fingerprint density at radius 3 is 2.70 bits per heavy atom. The third-order valence-corrected chi connectivity index (χ3v) is 7.68. The second kappa shape index (κ2) is 8.05. The Morgan fingerprint density at radius 1 is 1.30 bits per heavy atom. The number of fused-ring (bicyclic) bond motifs is 2. The van der Waals surface area contributed by atoms with Gasteiger partial charge in [0.15, 0.2) is 10.8 Å². The predicted molar refractivity (Wildman–Crippen MR) is 123 cm³/mol. The highest BCUT2D eigenvalue weighted by Gasteiger charge is 2.58. The number of thiazole rings is 1. The number of amides is 2. The number of anilines is 1. The van der Waals surface area contributed by atoms with Gasteiger partial charge in [0.25, 0.3) is 11.8 Å². The molecule has 2 aliphatic heterocycles. The molecular formula is C21H17N5O5S2. The molecule has 0 saturated carbocycles. The first-order chi connectivity index (χ1) is 15.9. The number of nitrogens with zero attached hydrogens (tertiary/aromatic N) is 3. The predicted octanol–water partition coefficient (Wildman–Crippen LogP) is 1.28. The lowest BCUT2D eigenvalue weighted by atomic mass is 9.84. The Labute approximate surface area is 195 Å². The fourth-order valence-corrected chi connectivity index (χ4v) is 6.15. The first-order valence-corrected chi connectivity index (χ1v) is 11.6. The molecule has 1 saturated heterocycles. The van der Waals surface area contributed by atoms with Crippen LogP contribution < -0.4 is 11.1 Å². The van der Waals surface area contributed by atoms with E-state index in [0.717, 1.165) is 22.5 Å². The molecule has 4 N–H and O–H groups in total. The second-order valence-corrected chi connectivity index (χ2v) is 9.45. The van der Waals surface area contributed by atoms with Crippen LogP contribution in [-0.4, -0.2) is 62.3 Å². The lowest BCUT2D eigenvalue weighted by Crippen LogP contribution is -2.72. The molecule has 5 rings (SSSR count). The molecule has 0 spiro atoms.